The van der Waals surface area contributed by atoms with E-state index in [1.54, 1.807) is 11.8 Å². The zero-order valence-corrected chi connectivity index (χ0v) is 19.1. The molecule has 1 aliphatic rings. The highest BCUT2D eigenvalue weighted by molar-refractivity contribution is 6.01. The fourth-order valence-electron chi connectivity index (χ4n) is 4.84. The van der Waals surface area contributed by atoms with Crippen LogP contribution >= 0.6 is 0 Å². The van der Waals surface area contributed by atoms with Gasteiger partial charge in [-0.15, -0.1) is 0 Å². The number of aromatic nitrogens is 3. The number of halogens is 3. The van der Waals surface area contributed by atoms with Gasteiger partial charge < -0.3 is 19.8 Å². The molecule has 0 saturated carbocycles. The van der Waals surface area contributed by atoms with Crippen LogP contribution in [0, 0.1) is 11.6 Å². The average molecular weight is 484 g/mol. The highest BCUT2D eigenvalue weighted by Gasteiger charge is 2.34. The van der Waals surface area contributed by atoms with Crippen LogP contribution in [0.3, 0.4) is 0 Å². The number of aryl methyl sites for hydroxylation is 1. The summed E-state index contributed by atoms with van der Waals surface area (Å²) in [7, 11) is 1.33. The van der Waals surface area contributed by atoms with Crippen molar-refractivity contribution in [3.05, 3.63) is 47.7 Å². The molecule has 2 aromatic carbocycles. The lowest BCUT2D eigenvalue weighted by molar-refractivity contribution is 0.255. The van der Waals surface area contributed by atoms with E-state index in [0.717, 1.165) is 0 Å². The number of pyridine rings is 1. The maximum absolute atomic E-state index is 16.1. The number of ether oxygens (including phenoxy) is 1. The molecule has 0 amide bonds. The quantitative estimate of drug-likeness (QED) is 0.436. The van der Waals surface area contributed by atoms with Crippen LogP contribution < -0.4 is 9.64 Å². The number of aliphatic hydroxyl groups is 1. The third-order valence-corrected chi connectivity index (χ3v) is 6.43. The smallest absolute Gasteiger partial charge is 0.318 e. The first-order valence-electron chi connectivity index (χ1n) is 11.2. The van der Waals surface area contributed by atoms with Crippen LogP contribution in [0.15, 0.2) is 30.5 Å². The fourth-order valence-corrected chi connectivity index (χ4v) is 4.84. The normalized spacial score (nSPS) is 18.1. The van der Waals surface area contributed by atoms with Crippen LogP contribution in [-0.4, -0.2) is 57.6 Å². The minimum absolute atomic E-state index is 0.0276. The second-order valence-corrected chi connectivity index (χ2v) is 8.51. The van der Waals surface area contributed by atoms with Gasteiger partial charge in [0.15, 0.2) is 5.82 Å². The Morgan fingerprint density at radius 3 is 2.71 bits per heavy atom. The molecule has 10 heteroatoms. The minimum Gasteiger partial charge on any atom is -0.508 e. The first kappa shape index (κ1) is 23.1. The predicted molar refractivity (Wildman–Crippen MR) is 126 cm³/mol. The van der Waals surface area contributed by atoms with Crippen molar-refractivity contribution in [2.24, 2.45) is 0 Å². The number of phenols is 1. The van der Waals surface area contributed by atoms with Crippen molar-refractivity contribution < 1.29 is 28.1 Å². The molecule has 35 heavy (non-hydrogen) atoms. The number of alkyl halides is 1. The lowest BCUT2D eigenvalue weighted by Gasteiger charge is -2.25. The molecule has 4 aromatic rings. The number of fused-ring (bicyclic) bond motifs is 2. The number of phenolic OH excluding ortho intramolecular Hbond substituents is 1. The van der Waals surface area contributed by atoms with Gasteiger partial charge in [-0.25, -0.2) is 13.2 Å². The molecule has 2 atom stereocenters. The Morgan fingerprint density at radius 1 is 1.20 bits per heavy atom. The van der Waals surface area contributed by atoms with E-state index in [0.29, 0.717) is 22.8 Å². The number of benzene rings is 2. The summed E-state index contributed by atoms with van der Waals surface area (Å²) < 4.78 is 50.0. The minimum atomic E-state index is -1.18. The highest BCUT2D eigenvalue weighted by Crippen LogP contribution is 2.39. The third kappa shape index (κ3) is 3.78. The molecule has 2 N–H and O–H groups in total. The van der Waals surface area contributed by atoms with Crippen molar-refractivity contribution in [1.29, 1.82) is 0 Å². The van der Waals surface area contributed by atoms with Gasteiger partial charge in [0.1, 0.15) is 34.8 Å². The van der Waals surface area contributed by atoms with Crippen molar-refractivity contribution in [3.8, 4) is 23.0 Å². The van der Waals surface area contributed by atoms with Gasteiger partial charge in [-0.05, 0) is 41.0 Å². The standard InChI is InChI=1S/C25H23F3N4O3/c1-3-16-19(27)5-4-12-6-15(34)8-17(20(12)16)22-21(28)23-18(9-29-22)24(31-25(30-23)35-2)32-10-13(26)7-14(32)11-33/h4-6,8-9,13-14,33-34H,3,7,10-11H2,1-2H3/t13-,14+/m1/s1. The van der Waals surface area contributed by atoms with Crippen molar-refractivity contribution in [2.45, 2.75) is 32.0 Å². The Kier molecular flexibility index (Phi) is 5.84. The first-order valence-corrected chi connectivity index (χ1v) is 11.2. The van der Waals surface area contributed by atoms with Gasteiger partial charge in [0, 0.05) is 18.2 Å². The molecule has 0 spiro atoms. The molecular weight excluding hydrogens is 461 g/mol. The maximum atomic E-state index is 16.1. The fraction of sp³-hybridized carbons (Fsp3) is 0.320. The Hall–Kier alpha value is -3.66. The van der Waals surface area contributed by atoms with Crippen molar-refractivity contribution >= 4 is 27.5 Å². The van der Waals surface area contributed by atoms with E-state index in [4.69, 9.17) is 4.74 Å². The predicted octanol–water partition coefficient (Wildman–Crippen LogP) is 4.31. The molecule has 1 aliphatic heterocycles. The summed E-state index contributed by atoms with van der Waals surface area (Å²) in [6.45, 7) is 1.46. The summed E-state index contributed by atoms with van der Waals surface area (Å²) in [5.74, 6) is -1.19. The number of aliphatic hydroxyl groups excluding tert-OH is 1. The monoisotopic (exact) mass is 484 g/mol. The Morgan fingerprint density at radius 2 is 2.00 bits per heavy atom. The van der Waals surface area contributed by atoms with E-state index >= 15 is 4.39 Å². The van der Waals surface area contributed by atoms with Crippen molar-refractivity contribution in [1.82, 2.24) is 15.0 Å². The van der Waals surface area contributed by atoms with Gasteiger partial charge in [-0.2, -0.15) is 9.97 Å². The molecule has 182 valence electrons. The third-order valence-electron chi connectivity index (χ3n) is 6.43. The van der Waals surface area contributed by atoms with E-state index < -0.39 is 23.8 Å². The topological polar surface area (TPSA) is 91.6 Å². The first-order chi connectivity index (χ1) is 16.9. The molecule has 1 saturated heterocycles. The molecule has 1 fully saturated rings. The van der Waals surface area contributed by atoms with Gasteiger partial charge in [-0.3, -0.25) is 4.98 Å². The highest BCUT2D eigenvalue weighted by atomic mass is 19.1. The molecule has 5 rings (SSSR count). The van der Waals surface area contributed by atoms with E-state index in [9.17, 15) is 19.0 Å². The maximum Gasteiger partial charge on any atom is 0.318 e. The zero-order valence-electron chi connectivity index (χ0n) is 19.1. The van der Waals surface area contributed by atoms with E-state index in [-0.39, 0.29) is 59.3 Å². The van der Waals surface area contributed by atoms with Crippen LogP contribution in [-0.2, 0) is 6.42 Å². The van der Waals surface area contributed by atoms with Gasteiger partial charge in [-0.1, -0.05) is 13.0 Å². The van der Waals surface area contributed by atoms with Crippen LogP contribution in [0.2, 0.25) is 0 Å². The van der Waals surface area contributed by atoms with Crippen molar-refractivity contribution in [2.75, 3.05) is 25.2 Å². The Balaban J connectivity index is 1.79. The van der Waals surface area contributed by atoms with Crippen LogP contribution in [0.4, 0.5) is 19.0 Å². The molecule has 0 unspecified atom stereocenters. The van der Waals surface area contributed by atoms with Gasteiger partial charge >= 0.3 is 6.01 Å². The molecule has 0 aliphatic carbocycles. The Bertz CT molecular complexity index is 1450. The van der Waals surface area contributed by atoms with E-state index in [1.807, 2.05) is 0 Å². The zero-order chi connectivity index (χ0) is 24.9. The lowest BCUT2D eigenvalue weighted by Crippen LogP contribution is -2.33. The molecule has 0 radical (unpaired) electrons. The Labute approximate surface area is 198 Å². The second-order valence-electron chi connectivity index (χ2n) is 8.51. The van der Waals surface area contributed by atoms with Gasteiger partial charge in [0.05, 0.1) is 31.7 Å². The van der Waals surface area contributed by atoms with E-state index in [2.05, 4.69) is 15.0 Å². The van der Waals surface area contributed by atoms with Crippen molar-refractivity contribution in [3.63, 3.8) is 0 Å². The summed E-state index contributed by atoms with van der Waals surface area (Å²) in [5.41, 5.74) is 0.334. The summed E-state index contributed by atoms with van der Waals surface area (Å²) in [6.07, 6.45) is 0.641. The average Bonchev–Trinajstić information content (AvgIpc) is 3.24. The molecule has 0 bridgehead atoms. The number of nitrogens with zero attached hydrogens (tertiary/aromatic N) is 4. The number of methoxy groups -OCH3 is 1. The summed E-state index contributed by atoms with van der Waals surface area (Å²) in [4.78, 5) is 14.4. The largest absolute Gasteiger partial charge is 0.508 e. The molecule has 3 heterocycles. The van der Waals surface area contributed by atoms with Gasteiger partial charge in [0.25, 0.3) is 0 Å². The molecule has 7 nitrogen and oxygen atoms in total. The molecular formula is C25H23F3N4O3. The second kappa shape index (κ2) is 8.84. The van der Waals surface area contributed by atoms with Crippen LogP contribution in [0.25, 0.3) is 32.9 Å². The number of hydrogen-bond acceptors (Lipinski definition) is 7. The summed E-state index contributed by atoms with van der Waals surface area (Å²) in [5, 5.41) is 21.2. The molecule has 2 aromatic heterocycles. The number of hydrogen-bond donors (Lipinski definition) is 2. The van der Waals surface area contributed by atoms with Gasteiger partial charge in [0.2, 0.25) is 0 Å². The summed E-state index contributed by atoms with van der Waals surface area (Å²) in [6, 6.07) is 4.97. The summed E-state index contributed by atoms with van der Waals surface area (Å²) >= 11 is 0. The number of aromatic hydroxyl groups is 1. The lowest BCUT2D eigenvalue weighted by atomic mass is 9.94. The van der Waals surface area contributed by atoms with Crippen LogP contribution in [0.1, 0.15) is 18.9 Å². The number of anilines is 1. The SMILES string of the molecule is CCc1c(F)ccc2cc(O)cc(-c3ncc4c(N5C[C@H](F)C[C@H]5CO)nc(OC)nc4c3F)c12. The number of rotatable bonds is 5. The van der Waals surface area contributed by atoms with Crippen LogP contribution in [0.5, 0.6) is 11.8 Å². The van der Waals surface area contributed by atoms with E-state index in [1.165, 1.54) is 37.6 Å².